The van der Waals surface area contributed by atoms with Crippen LogP contribution in [0.5, 0.6) is 0 Å². The minimum absolute atomic E-state index is 0.384. The number of carboxylic acid groups (broad SMARTS) is 1. The van der Waals surface area contributed by atoms with Crippen LogP contribution in [0.3, 0.4) is 0 Å². The van der Waals surface area contributed by atoms with Gasteiger partial charge in [0.1, 0.15) is 5.82 Å². The van der Waals surface area contributed by atoms with Gasteiger partial charge in [-0.2, -0.15) is 0 Å². The van der Waals surface area contributed by atoms with Crippen LogP contribution in [0.25, 0.3) is 0 Å². The van der Waals surface area contributed by atoms with E-state index >= 15 is 0 Å². The first kappa shape index (κ1) is 11.4. The Morgan fingerprint density at radius 1 is 1.53 bits per heavy atom. The van der Waals surface area contributed by atoms with E-state index in [4.69, 9.17) is 5.11 Å². The fourth-order valence-corrected chi connectivity index (χ4v) is 1.57. The summed E-state index contributed by atoms with van der Waals surface area (Å²) in [7, 11) is 0. The Bertz CT molecular complexity index is 430. The van der Waals surface area contributed by atoms with E-state index in [-0.39, 0.29) is 0 Å². The third-order valence-electron chi connectivity index (χ3n) is 2.39. The molecule has 0 aliphatic carbocycles. The van der Waals surface area contributed by atoms with Crippen molar-refractivity contribution >= 4 is 12.0 Å². The van der Waals surface area contributed by atoms with Crippen LogP contribution in [-0.2, 0) is 22.7 Å². The summed E-state index contributed by atoms with van der Waals surface area (Å²) >= 11 is 0. The summed E-state index contributed by atoms with van der Waals surface area (Å²) in [5.74, 6) is -0.343. The van der Waals surface area contributed by atoms with Crippen molar-refractivity contribution < 1.29 is 19.5 Å². The zero-order valence-corrected chi connectivity index (χ0v) is 9.00. The second-order valence-electron chi connectivity index (χ2n) is 3.55. The van der Waals surface area contributed by atoms with Crippen molar-refractivity contribution in [1.29, 1.82) is 0 Å². The molecule has 0 atom stereocenters. The van der Waals surface area contributed by atoms with Crippen molar-refractivity contribution in [3.8, 4) is 0 Å². The molecule has 0 bridgehead atoms. The second kappa shape index (κ2) is 4.83. The SMILES string of the molecule is O=C(O)CONC(=O)N1CCn2ccnc2C1. The van der Waals surface area contributed by atoms with Gasteiger partial charge in [0.2, 0.25) is 0 Å². The Hall–Kier alpha value is -2.09. The molecule has 1 aliphatic heterocycles. The molecule has 0 saturated heterocycles. The lowest BCUT2D eigenvalue weighted by Gasteiger charge is -2.27. The van der Waals surface area contributed by atoms with Crippen LogP contribution in [0.2, 0.25) is 0 Å². The molecule has 0 aromatic carbocycles. The third kappa shape index (κ3) is 2.72. The summed E-state index contributed by atoms with van der Waals surface area (Å²) in [5, 5.41) is 8.34. The summed E-state index contributed by atoms with van der Waals surface area (Å²) in [6.07, 6.45) is 3.53. The predicted molar refractivity (Wildman–Crippen MR) is 54.8 cm³/mol. The highest BCUT2D eigenvalue weighted by molar-refractivity contribution is 5.73. The fourth-order valence-electron chi connectivity index (χ4n) is 1.57. The van der Waals surface area contributed by atoms with Crippen LogP contribution in [0.15, 0.2) is 12.4 Å². The molecular formula is C9H12N4O4. The lowest BCUT2D eigenvalue weighted by Crippen LogP contribution is -2.44. The highest BCUT2D eigenvalue weighted by Crippen LogP contribution is 2.09. The van der Waals surface area contributed by atoms with Crippen molar-refractivity contribution in [2.24, 2.45) is 0 Å². The van der Waals surface area contributed by atoms with Gasteiger partial charge >= 0.3 is 12.0 Å². The number of hydrogen-bond acceptors (Lipinski definition) is 4. The van der Waals surface area contributed by atoms with E-state index in [1.807, 2.05) is 10.8 Å². The first-order valence-corrected chi connectivity index (χ1v) is 5.05. The number of hydrogen-bond donors (Lipinski definition) is 2. The zero-order chi connectivity index (χ0) is 12.3. The van der Waals surface area contributed by atoms with Crippen LogP contribution in [0, 0.1) is 0 Å². The lowest BCUT2D eigenvalue weighted by atomic mass is 10.4. The first-order chi connectivity index (χ1) is 8.16. The van der Waals surface area contributed by atoms with Crippen molar-refractivity contribution in [2.45, 2.75) is 13.1 Å². The Morgan fingerprint density at radius 3 is 3.12 bits per heavy atom. The number of nitrogens with zero attached hydrogens (tertiary/aromatic N) is 3. The quantitative estimate of drug-likeness (QED) is 0.689. The average molecular weight is 240 g/mol. The van der Waals surface area contributed by atoms with Crippen LogP contribution in [0.1, 0.15) is 5.82 Å². The van der Waals surface area contributed by atoms with Gasteiger partial charge in [-0.05, 0) is 0 Å². The summed E-state index contributed by atoms with van der Waals surface area (Å²) < 4.78 is 1.96. The molecule has 2 rings (SSSR count). The molecule has 0 spiro atoms. The second-order valence-corrected chi connectivity index (χ2v) is 3.55. The van der Waals surface area contributed by atoms with Gasteiger partial charge in [-0.25, -0.2) is 20.1 Å². The highest BCUT2D eigenvalue weighted by Gasteiger charge is 2.21. The number of urea groups is 1. The molecule has 92 valence electrons. The molecule has 0 unspecified atom stereocenters. The van der Waals surface area contributed by atoms with E-state index < -0.39 is 18.6 Å². The maximum Gasteiger partial charge on any atom is 0.341 e. The predicted octanol–water partition coefficient (Wildman–Crippen LogP) is -0.575. The van der Waals surface area contributed by atoms with Crippen molar-refractivity contribution in [3.63, 3.8) is 0 Å². The molecule has 0 radical (unpaired) electrons. The Kier molecular flexibility index (Phi) is 3.24. The number of aliphatic carboxylic acids is 1. The molecule has 8 nitrogen and oxygen atoms in total. The minimum Gasteiger partial charge on any atom is -0.479 e. The summed E-state index contributed by atoms with van der Waals surface area (Å²) in [5.41, 5.74) is 2.08. The number of amides is 2. The molecule has 8 heteroatoms. The van der Waals surface area contributed by atoms with E-state index in [0.29, 0.717) is 19.6 Å². The third-order valence-corrected chi connectivity index (χ3v) is 2.39. The maximum atomic E-state index is 11.6. The van der Waals surface area contributed by atoms with E-state index in [1.54, 1.807) is 6.20 Å². The number of carboxylic acids is 1. The van der Waals surface area contributed by atoms with Gasteiger partial charge in [0.15, 0.2) is 6.61 Å². The van der Waals surface area contributed by atoms with Gasteiger partial charge in [0.25, 0.3) is 0 Å². The molecule has 2 heterocycles. The molecule has 1 aromatic heterocycles. The largest absolute Gasteiger partial charge is 0.479 e. The summed E-state index contributed by atoms with van der Waals surface area (Å²) in [6.45, 7) is 1.02. The molecular weight excluding hydrogens is 228 g/mol. The first-order valence-electron chi connectivity index (χ1n) is 5.05. The van der Waals surface area contributed by atoms with E-state index in [2.05, 4.69) is 15.3 Å². The summed E-state index contributed by atoms with van der Waals surface area (Å²) in [4.78, 5) is 31.9. The minimum atomic E-state index is -1.14. The molecule has 17 heavy (non-hydrogen) atoms. The maximum absolute atomic E-state index is 11.6. The van der Waals surface area contributed by atoms with Gasteiger partial charge in [0.05, 0.1) is 6.54 Å². The number of rotatable bonds is 3. The van der Waals surface area contributed by atoms with Crippen molar-refractivity contribution in [1.82, 2.24) is 19.9 Å². The van der Waals surface area contributed by atoms with Crippen LogP contribution < -0.4 is 5.48 Å². The monoisotopic (exact) mass is 240 g/mol. The molecule has 0 saturated carbocycles. The number of carbonyl (C=O) groups excluding carboxylic acids is 1. The molecule has 1 aliphatic rings. The van der Waals surface area contributed by atoms with Gasteiger partial charge in [-0.3, -0.25) is 4.84 Å². The topological polar surface area (TPSA) is 96.7 Å². The lowest BCUT2D eigenvalue weighted by molar-refractivity contribution is -0.144. The smallest absolute Gasteiger partial charge is 0.341 e. The normalized spacial score (nSPS) is 14.2. The van der Waals surface area contributed by atoms with Gasteiger partial charge < -0.3 is 14.6 Å². The van der Waals surface area contributed by atoms with Crippen LogP contribution in [-0.4, -0.2) is 44.7 Å². The average Bonchev–Trinajstić information content (AvgIpc) is 2.75. The van der Waals surface area contributed by atoms with Gasteiger partial charge in [0, 0.05) is 25.5 Å². The number of carbonyl (C=O) groups is 2. The Balaban J connectivity index is 1.84. The van der Waals surface area contributed by atoms with E-state index in [1.165, 1.54) is 4.90 Å². The molecule has 2 amide bonds. The number of fused-ring (bicyclic) bond motifs is 1. The Morgan fingerprint density at radius 2 is 2.35 bits per heavy atom. The van der Waals surface area contributed by atoms with Crippen LogP contribution >= 0.6 is 0 Å². The number of aromatic nitrogens is 2. The van der Waals surface area contributed by atoms with Crippen molar-refractivity contribution in [2.75, 3.05) is 13.2 Å². The van der Waals surface area contributed by atoms with Crippen LogP contribution in [0.4, 0.5) is 4.79 Å². The number of imidazole rings is 1. The fraction of sp³-hybridized carbons (Fsp3) is 0.444. The number of nitrogens with one attached hydrogen (secondary N) is 1. The van der Waals surface area contributed by atoms with E-state index in [9.17, 15) is 9.59 Å². The molecule has 0 fully saturated rings. The highest BCUT2D eigenvalue weighted by atomic mass is 16.7. The Labute approximate surface area is 96.7 Å². The number of hydroxylamine groups is 1. The van der Waals surface area contributed by atoms with Gasteiger partial charge in [-0.15, -0.1) is 0 Å². The van der Waals surface area contributed by atoms with Gasteiger partial charge in [-0.1, -0.05) is 0 Å². The molecule has 1 aromatic rings. The van der Waals surface area contributed by atoms with E-state index in [0.717, 1.165) is 5.82 Å². The summed E-state index contributed by atoms with van der Waals surface area (Å²) in [6, 6.07) is -0.458. The standard InChI is InChI=1S/C9H12N4O4/c14-8(15)6-17-11-9(16)13-4-3-12-2-1-10-7(12)5-13/h1-2H,3-6H2,(H,11,16)(H,14,15). The molecule has 2 N–H and O–H groups in total. The van der Waals surface area contributed by atoms with Crippen molar-refractivity contribution in [3.05, 3.63) is 18.2 Å². The zero-order valence-electron chi connectivity index (χ0n) is 9.00.